The van der Waals surface area contributed by atoms with Crippen molar-refractivity contribution in [1.82, 2.24) is 15.3 Å². The van der Waals surface area contributed by atoms with E-state index in [4.69, 9.17) is 11.6 Å². The number of rotatable bonds is 2. The molecule has 2 aromatic rings. The van der Waals surface area contributed by atoms with Crippen molar-refractivity contribution in [2.45, 2.75) is 20.0 Å². The molecule has 0 amide bonds. The first-order chi connectivity index (χ1) is 8.74. The number of aromatic nitrogens is 2. The Labute approximate surface area is 110 Å². The van der Waals surface area contributed by atoms with Gasteiger partial charge in [-0.15, -0.1) is 0 Å². The van der Waals surface area contributed by atoms with Gasteiger partial charge < -0.3 is 10.6 Å². The van der Waals surface area contributed by atoms with Crippen molar-refractivity contribution in [3.8, 4) is 0 Å². The number of hydrogen-bond acceptors (Lipinski definition) is 4. The lowest BCUT2D eigenvalue weighted by Crippen LogP contribution is -2.03. The van der Waals surface area contributed by atoms with Crippen LogP contribution in [0.4, 0.5) is 11.5 Å². The molecule has 0 saturated heterocycles. The predicted octanol–water partition coefficient (Wildman–Crippen LogP) is 2.79. The van der Waals surface area contributed by atoms with Crippen LogP contribution in [0.15, 0.2) is 24.3 Å². The van der Waals surface area contributed by atoms with E-state index in [0.29, 0.717) is 0 Å². The molecule has 92 valence electrons. The standard InChI is InChI=1S/C13H13ClN4/c1-8-4-2-3-5-10(8)16-12-9-6-15-7-11(9)17-13(14)18-12/h2-5,15H,6-7H2,1H3,(H,16,17,18). The van der Waals surface area contributed by atoms with Crippen LogP contribution in [0.25, 0.3) is 0 Å². The normalized spacial score (nSPS) is 13.4. The van der Waals surface area contributed by atoms with Gasteiger partial charge in [0.2, 0.25) is 5.28 Å². The lowest BCUT2D eigenvalue weighted by molar-refractivity contribution is 0.758. The Morgan fingerprint density at radius 1 is 1.22 bits per heavy atom. The summed E-state index contributed by atoms with van der Waals surface area (Å²) in [5, 5.41) is 6.88. The molecule has 1 aromatic carbocycles. The van der Waals surface area contributed by atoms with Crippen LogP contribution < -0.4 is 10.6 Å². The fourth-order valence-electron chi connectivity index (χ4n) is 2.08. The third-order valence-electron chi connectivity index (χ3n) is 3.06. The van der Waals surface area contributed by atoms with E-state index in [1.54, 1.807) is 0 Å². The maximum atomic E-state index is 5.94. The van der Waals surface area contributed by atoms with Gasteiger partial charge in [-0.05, 0) is 30.2 Å². The Hall–Kier alpha value is -1.65. The highest BCUT2D eigenvalue weighted by Crippen LogP contribution is 2.26. The number of nitrogens with one attached hydrogen (secondary N) is 2. The van der Waals surface area contributed by atoms with Crippen LogP contribution in [0.1, 0.15) is 16.8 Å². The van der Waals surface area contributed by atoms with Gasteiger partial charge in [-0.25, -0.2) is 9.97 Å². The zero-order chi connectivity index (χ0) is 12.5. The van der Waals surface area contributed by atoms with Gasteiger partial charge >= 0.3 is 0 Å². The minimum atomic E-state index is 0.286. The van der Waals surface area contributed by atoms with Crippen LogP contribution in [0.2, 0.25) is 5.28 Å². The molecule has 2 heterocycles. The minimum absolute atomic E-state index is 0.286. The Morgan fingerprint density at radius 3 is 2.89 bits per heavy atom. The molecule has 0 bridgehead atoms. The summed E-state index contributed by atoms with van der Waals surface area (Å²) in [5.41, 5.74) is 4.29. The molecule has 3 rings (SSSR count). The quantitative estimate of drug-likeness (QED) is 0.816. The largest absolute Gasteiger partial charge is 0.340 e. The average molecular weight is 261 g/mol. The average Bonchev–Trinajstić information content (AvgIpc) is 2.80. The van der Waals surface area contributed by atoms with Crippen molar-refractivity contribution in [3.63, 3.8) is 0 Å². The molecule has 0 unspecified atom stereocenters. The second-order valence-corrected chi connectivity index (χ2v) is 4.65. The van der Waals surface area contributed by atoms with Gasteiger partial charge in [0.1, 0.15) is 5.82 Å². The van der Waals surface area contributed by atoms with Gasteiger partial charge in [-0.1, -0.05) is 18.2 Å². The monoisotopic (exact) mass is 260 g/mol. The molecular formula is C13H13ClN4. The van der Waals surface area contributed by atoms with Crippen molar-refractivity contribution in [2.24, 2.45) is 0 Å². The predicted molar refractivity (Wildman–Crippen MR) is 72.0 cm³/mol. The van der Waals surface area contributed by atoms with Crippen LogP contribution in [0.5, 0.6) is 0 Å². The first-order valence-corrected chi connectivity index (χ1v) is 6.20. The third kappa shape index (κ3) is 2.05. The van der Waals surface area contributed by atoms with E-state index in [-0.39, 0.29) is 5.28 Å². The van der Waals surface area contributed by atoms with E-state index in [1.807, 2.05) is 18.2 Å². The molecule has 1 aliphatic heterocycles. The number of nitrogens with zero attached hydrogens (tertiary/aromatic N) is 2. The van der Waals surface area contributed by atoms with Gasteiger partial charge in [-0.3, -0.25) is 0 Å². The SMILES string of the molecule is Cc1ccccc1Nc1nc(Cl)nc2c1CNC2. The van der Waals surface area contributed by atoms with E-state index < -0.39 is 0 Å². The first-order valence-electron chi connectivity index (χ1n) is 5.82. The van der Waals surface area contributed by atoms with Gasteiger partial charge in [0, 0.05) is 24.3 Å². The smallest absolute Gasteiger partial charge is 0.224 e. The summed E-state index contributed by atoms with van der Waals surface area (Å²) in [6.07, 6.45) is 0. The van der Waals surface area contributed by atoms with Crippen LogP contribution in [-0.2, 0) is 13.1 Å². The topological polar surface area (TPSA) is 49.8 Å². The highest BCUT2D eigenvalue weighted by atomic mass is 35.5. The zero-order valence-corrected chi connectivity index (χ0v) is 10.8. The molecule has 5 heteroatoms. The van der Waals surface area contributed by atoms with Crippen molar-refractivity contribution in [3.05, 3.63) is 46.4 Å². The first kappa shape index (κ1) is 11.4. The molecule has 0 atom stereocenters. The Bertz CT molecular complexity index is 598. The van der Waals surface area contributed by atoms with Crippen LogP contribution in [0, 0.1) is 6.92 Å². The maximum Gasteiger partial charge on any atom is 0.224 e. The van der Waals surface area contributed by atoms with Crippen molar-refractivity contribution in [1.29, 1.82) is 0 Å². The molecule has 4 nitrogen and oxygen atoms in total. The lowest BCUT2D eigenvalue weighted by Gasteiger charge is -2.11. The van der Waals surface area contributed by atoms with Crippen LogP contribution in [0.3, 0.4) is 0 Å². The maximum absolute atomic E-state index is 5.94. The zero-order valence-electron chi connectivity index (χ0n) is 10.00. The second-order valence-electron chi connectivity index (χ2n) is 4.31. The van der Waals surface area contributed by atoms with E-state index >= 15 is 0 Å². The van der Waals surface area contributed by atoms with Crippen molar-refractivity contribution < 1.29 is 0 Å². The highest BCUT2D eigenvalue weighted by Gasteiger charge is 2.18. The molecule has 1 aliphatic rings. The van der Waals surface area contributed by atoms with E-state index in [0.717, 1.165) is 35.9 Å². The fourth-order valence-corrected chi connectivity index (χ4v) is 2.27. The molecule has 2 N–H and O–H groups in total. The summed E-state index contributed by atoms with van der Waals surface area (Å²) in [7, 11) is 0. The molecule has 0 saturated carbocycles. The molecule has 1 aromatic heterocycles. The molecule has 18 heavy (non-hydrogen) atoms. The van der Waals surface area contributed by atoms with Crippen molar-refractivity contribution in [2.75, 3.05) is 5.32 Å². The summed E-state index contributed by atoms with van der Waals surface area (Å²) < 4.78 is 0. The second kappa shape index (κ2) is 4.55. The number of fused-ring (bicyclic) bond motifs is 1. The number of hydrogen-bond donors (Lipinski definition) is 2. The summed E-state index contributed by atoms with van der Waals surface area (Å²) in [5.74, 6) is 0.796. The molecule has 0 spiro atoms. The molecular weight excluding hydrogens is 248 g/mol. The van der Waals surface area contributed by atoms with Gasteiger partial charge in [0.05, 0.1) is 5.69 Å². The Kier molecular flexibility index (Phi) is 2.89. The minimum Gasteiger partial charge on any atom is -0.340 e. The number of para-hydroxylation sites is 1. The number of aryl methyl sites for hydroxylation is 1. The summed E-state index contributed by atoms with van der Waals surface area (Å²) in [6.45, 7) is 3.59. The number of halogens is 1. The van der Waals surface area contributed by atoms with Gasteiger partial charge in [0.15, 0.2) is 0 Å². The van der Waals surface area contributed by atoms with E-state index in [9.17, 15) is 0 Å². The fraction of sp³-hybridized carbons (Fsp3) is 0.231. The molecule has 0 aliphatic carbocycles. The number of benzene rings is 1. The van der Waals surface area contributed by atoms with Crippen LogP contribution >= 0.6 is 11.6 Å². The van der Waals surface area contributed by atoms with E-state index in [2.05, 4.69) is 33.6 Å². The van der Waals surface area contributed by atoms with E-state index in [1.165, 1.54) is 5.56 Å². The number of anilines is 2. The Balaban J connectivity index is 2.01. The lowest BCUT2D eigenvalue weighted by atomic mass is 10.2. The highest BCUT2D eigenvalue weighted by molar-refractivity contribution is 6.28. The van der Waals surface area contributed by atoms with Crippen molar-refractivity contribution >= 4 is 23.1 Å². The van der Waals surface area contributed by atoms with Crippen LogP contribution in [-0.4, -0.2) is 9.97 Å². The molecule has 0 fully saturated rings. The van der Waals surface area contributed by atoms with Gasteiger partial charge in [0.25, 0.3) is 0 Å². The summed E-state index contributed by atoms with van der Waals surface area (Å²) >= 11 is 5.94. The van der Waals surface area contributed by atoms with Gasteiger partial charge in [-0.2, -0.15) is 0 Å². The Morgan fingerprint density at radius 2 is 2.06 bits per heavy atom. The summed E-state index contributed by atoms with van der Waals surface area (Å²) in [4.78, 5) is 8.51. The molecule has 0 radical (unpaired) electrons. The summed E-state index contributed by atoms with van der Waals surface area (Å²) in [6, 6.07) is 8.10. The third-order valence-corrected chi connectivity index (χ3v) is 3.23.